The van der Waals surface area contributed by atoms with Crippen LogP contribution < -0.4 is 10.2 Å². The summed E-state index contributed by atoms with van der Waals surface area (Å²) in [6.45, 7) is 8.20. The van der Waals surface area contributed by atoms with Crippen LogP contribution in [0.2, 0.25) is 5.02 Å². The second kappa shape index (κ2) is 7.31. The molecule has 1 rings (SSSR count). The summed E-state index contributed by atoms with van der Waals surface area (Å²) in [6.07, 6.45) is 4.63. The minimum atomic E-state index is -2.62. The number of hydrogen-bond acceptors (Lipinski definition) is 4. The molecule has 0 aliphatic heterocycles. The molecule has 0 radical (unpaired) electrons. The maximum atomic E-state index is 12.4. The fraction of sp³-hybridized carbons (Fsp3) is 0.412. The average molecular weight is 367 g/mol. The van der Waals surface area contributed by atoms with Crippen LogP contribution in [-0.4, -0.2) is 31.6 Å². The highest BCUT2D eigenvalue weighted by atomic mass is 35.5. The molecule has 0 saturated heterocycles. The first-order valence-electron chi connectivity index (χ1n) is 7.14. The molecule has 24 heavy (non-hydrogen) atoms. The third kappa shape index (κ3) is 5.03. The molecule has 128 valence electrons. The molecule has 0 aromatic heterocycles. The zero-order valence-electron chi connectivity index (χ0n) is 14.4. The number of benzene rings is 1. The summed E-state index contributed by atoms with van der Waals surface area (Å²) in [7, 11) is -2.62. The minimum Gasteiger partial charge on any atom is -0.443 e. The van der Waals surface area contributed by atoms with Crippen LogP contribution in [0, 0.1) is 23.7 Å². The lowest BCUT2D eigenvalue weighted by molar-refractivity contribution is 0.0585. The van der Waals surface area contributed by atoms with E-state index in [4.69, 9.17) is 22.8 Å². The monoisotopic (exact) mass is 366 g/mol. The van der Waals surface area contributed by atoms with Crippen molar-refractivity contribution in [2.24, 2.45) is 0 Å². The molecule has 1 amide bonds. The van der Waals surface area contributed by atoms with Crippen molar-refractivity contribution in [1.29, 1.82) is 5.26 Å². The van der Waals surface area contributed by atoms with Gasteiger partial charge in [-0.1, -0.05) is 17.5 Å². The van der Waals surface area contributed by atoms with Crippen molar-refractivity contribution in [3.8, 4) is 18.4 Å². The number of terminal acetylenes is 1. The number of carbonyl (C=O) groups excluding carboxylic acids is 1. The van der Waals surface area contributed by atoms with Gasteiger partial charge in [0.25, 0.3) is 0 Å². The molecule has 1 aromatic carbocycles. The Morgan fingerprint density at radius 2 is 2.00 bits per heavy atom. The van der Waals surface area contributed by atoms with Gasteiger partial charge < -0.3 is 9.30 Å². The predicted octanol–water partition coefficient (Wildman–Crippen LogP) is 3.83. The van der Waals surface area contributed by atoms with Gasteiger partial charge in [0.1, 0.15) is 18.8 Å². The smallest absolute Gasteiger partial charge is 0.415 e. The van der Waals surface area contributed by atoms with Gasteiger partial charge >= 0.3 is 6.09 Å². The SMILES string of the molecule is C#CCN(C(=O)OC(C)(C)C)c1c(Cl)cc(P(C)(C)=O)cc1C#N. The van der Waals surface area contributed by atoms with E-state index in [2.05, 4.69) is 5.92 Å². The van der Waals surface area contributed by atoms with Crippen molar-refractivity contribution in [1.82, 2.24) is 0 Å². The van der Waals surface area contributed by atoms with Gasteiger partial charge in [0, 0.05) is 5.30 Å². The van der Waals surface area contributed by atoms with Gasteiger partial charge in [-0.15, -0.1) is 6.42 Å². The summed E-state index contributed by atoms with van der Waals surface area (Å²) in [5, 5.41) is 10.0. The Balaban J connectivity index is 3.50. The van der Waals surface area contributed by atoms with E-state index in [0.717, 1.165) is 4.90 Å². The molecule has 0 saturated carbocycles. The van der Waals surface area contributed by atoms with Gasteiger partial charge in [-0.3, -0.25) is 4.90 Å². The van der Waals surface area contributed by atoms with Gasteiger partial charge in [0.15, 0.2) is 0 Å². The van der Waals surface area contributed by atoms with Crippen molar-refractivity contribution in [3.63, 3.8) is 0 Å². The Bertz CT molecular complexity index is 779. The Kier molecular flexibility index (Phi) is 6.12. The molecule has 0 N–H and O–H groups in total. The fourth-order valence-corrected chi connectivity index (χ4v) is 3.18. The number of halogens is 1. The summed E-state index contributed by atoms with van der Waals surface area (Å²) in [6, 6.07) is 4.94. The average Bonchev–Trinajstić information content (AvgIpc) is 2.41. The molecule has 1 aromatic rings. The second-order valence-electron chi connectivity index (χ2n) is 6.56. The number of rotatable bonds is 3. The first-order valence-corrected chi connectivity index (χ1v) is 10.1. The molecule has 0 aliphatic carbocycles. The molecule has 0 unspecified atom stereocenters. The minimum absolute atomic E-state index is 0.113. The molecular weight excluding hydrogens is 347 g/mol. The van der Waals surface area contributed by atoms with Gasteiger partial charge in [0.2, 0.25) is 0 Å². The summed E-state index contributed by atoms with van der Waals surface area (Å²) in [5.74, 6) is 2.36. The van der Waals surface area contributed by atoms with Crippen molar-refractivity contribution in [3.05, 3.63) is 22.7 Å². The molecule has 0 heterocycles. The molecule has 5 nitrogen and oxygen atoms in total. The molecular formula is C17H20ClN2O3P. The van der Waals surface area contributed by atoms with Crippen LogP contribution in [0.3, 0.4) is 0 Å². The molecule has 0 spiro atoms. The highest BCUT2D eigenvalue weighted by Crippen LogP contribution is 2.39. The second-order valence-corrected chi connectivity index (χ2v) is 10.2. The quantitative estimate of drug-likeness (QED) is 0.602. The number of ether oxygens (including phenoxy) is 1. The lowest BCUT2D eigenvalue weighted by Crippen LogP contribution is -2.38. The topological polar surface area (TPSA) is 70.4 Å². The van der Waals surface area contributed by atoms with Crippen LogP contribution >= 0.6 is 18.7 Å². The Morgan fingerprint density at radius 3 is 2.42 bits per heavy atom. The van der Waals surface area contributed by atoms with Crippen LogP contribution in [0.15, 0.2) is 12.1 Å². The summed E-state index contributed by atoms with van der Waals surface area (Å²) in [4.78, 5) is 13.6. The van der Waals surface area contributed by atoms with E-state index in [1.165, 1.54) is 12.1 Å². The van der Waals surface area contributed by atoms with E-state index in [1.807, 2.05) is 6.07 Å². The first kappa shape index (κ1) is 20.1. The third-order valence-electron chi connectivity index (χ3n) is 2.92. The highest BCUT2D eigenvalue weighted by Gasteiger charge is 2.28. The van der Waals surface area contributed by atoms with Gasteiger partial charge in [0.05, 0.1) is 22.8 Å². The lowest BCUT2D eigenvalue weighted by atomic mass is 10.1. The van der Waals surface area contributed by atoms with Crippen LogP contribution in [0.1, 0.15) is 26.3 Å². The maximum Gasteiger partial charge on any atom is 0.415 e. The van der Waals surface area contributed by atoms with E-state index >= 15 is 0 Å². The molecule has 7 heteroatoms. The van der Waals surface area contributed by atoms with Gasteiger partial charge in [-0.25, -0.2) is 4.79 Å². The number of anilines is 1. The standard InChI is InChI=1S/C17H20ClN2O3P/c1-7-8-20(16(21)23-17(2,3)4)15-12(11-19)9-13(10-14(15)18)24(5,6)22/h1,9-10H,8H2,2-6H3. The van der Waals surface area contributed by atoms with E-state index in [9.17, 15) is 14.6 Å². The van der Waals surface area contributed by atoms with Gasteiger partial charge in [-0.05, 0) is 46.2 Å². The lowest BCUT2D eigenvalue weighted by Gasteiger charge is -2.27. The van der Waals surface area contributed by atoms with Crippen molar-refractivity contribution in [2.45, 2.75) is 26.4 Å². The Hall–Kier alpha value is -1.94. The van der Waals surface area contributed by atoms with Crippen LogP contribution in [0.4, 0.5) is 10.5 Å². The van der Waals surface area contributed by atoms with E-state index in [0.29, 0.717) is 5.30 Å². The predicted molar refractivity (Wildman–Crippen MR) is 97.7 cm³/mol. The van der Waals surface area contributed by atoms with E-state index in [-0.39, 0.29) is 22.8 Å². The number of hydrogen-bond donors (Lipinski definition) is 0. The molecule has 0 aliphatic rings. The van der Waals surface area contributed by atoms with E-state index in [1.54, 1.807) is 34.1 Å². The van der Waals surface area contributed by atoms with Crippen LogP contribution in [-0.2, 0) is 9.30 Å². The number of nitrogens with zero attached hydrogens (tertiary/aromatic N) is 2. The molecule has 0 atom stereocenters. The van der Waals surface area contributed by atoms with Crippen molar-refractivity contribution < 1.29 is 14.1 Å². The third-order valence-corrected chi connectivity index (χ3v) is 4.71. The summed E-state index contributed by atoms with van der Waals surface area (Å²) >= 11 is 6.27. The maximum absolute atomic E-state index is 12.4. The van der Waals surface area contributed by atoms with Crippen LogP contribution in [0.5, 0.6) is 0 Å². The zero-order valence-corrected chi connectivity index (χ0v) is 16.0. The molecule has 0 bridgehead atoms. The zero-order chi connectivity index (χ0) is 18.7. The normalized spacial score (nSPS) is 11.3. The summed E-state index contributed by atoms with van der Waals surface area (Å²) in [5.41, 5.74) is -0.461. The number of carbonyl (C=O) groups is 1. The largest absolute Gasteiger partial charge is 0.443 e. The highest BCUT2D eigenvalue weighted by molar-refractivity contribution is 7.70. The fourth-order valence-electron chi connectivity index (χ4n) is 1.90. The van der Waals surface area contributed by atoms with Crippen molar-refractivity contribution in [2.75, 3.05) is 24.8 Å². The number of nitriles is 1. The Morgan fingerprint density at radius 1 is 1.42 bits per heavy atom. The van der Waals surface area contributed by atoms with E-state index < -0.39 is 18.8 Å². The van der Waals surface area contributed by atoms with Crippen molar-refractivity contribution >= 4 is 35.8 Å². The first-order chi connectivity index (χ1) is 10.9. The van der Waals surface area contributed by atoms with Gasteiger partial charge in [-0.2, -0.15) is 5.26 Å². The van der Waals surface area contributed by atoms with Crippen LogP contribution in [0.25, 0.3) is 0 Å². The Labute approximate surface area is 147 Å². The summed E-state index contributed by atoms with van der Waals surface area (Å²) < 4.78 is 17.6. The number of amides is 1. The molecule has 0 fully saturated rings.